The lowest BCUT2D eigenvalue weighted by Gasteiger charge is -2.18. The van der Waals surface area contributed by atoms with Crippen molar-refractivity contribution in [3.05, 3.63) is 11.7 Å². The van der Waals surface area contributed by atoms with Crippen molar-refractivity contribution in [1.29, 1.82) is 0 Å². The van der Waals surface area contributed by atoms with Gasteiger partial charge in [0.2, 0.25) is 5.89 Å². The zero-order valence-electron chi connectivity index (χ0n) is 10.4. The number of hydrogen-bond acceptors (Lipinski definition) is 5. The van der Waals surface area contributed by atoms with Crippen LogP contribution in [0.1, 0.15) is 56.4 Å². The maximum Gasteiger partial charge on any atom is 0.243 e. The average molecular weight is 236 g/mol. The van der Waals surface area contributed by atoms with Gasteiger partial charge in [-0.1, -0.05) is 12.1 Å². The van der Waals surface area contributed by atoms with Crippen molar-refractivity contribution in [1.82, 2.24) is 20.4 Å². The Morgan fingerprint density at radius 3 is 3.12 bits per heavy atom. The average Bonchev–Trinajstić information content (AvgIpc) is 3.09. The standard InChI is InChI=1S/C12H20N4O/c1-2-16-8-4-6-10(16)11-14-12(17-15-11)9-5-3-7-13-9/h9-10,13H,2-8H2,1H3. The summed E-state index contributed by atoms with van der Waals surface area (Å²) in [6.07, 6.45) is 4.71. The molecule has 0 amide bonds. The fourth-order valence-electron chi connectivity index (χ4n) is 2.92. The van der Waals surface area contributed by atoms with E-state index in [4.69, 9.17) is 4.52 Å². The molecule has 2 unspecified atom stereocenters. The minimum atomic E-state index is 0.285. The van der Waals surface area contributed by atoms with Crippen molar-refractivity contribution in [2.75, 3.05) is 19.6 Å². The minimum absolute atomic E-state index is 0.285. The van der Waals surface area contributed by atoms with Gasteiger partial charge in [-0.25, -0.2) is 0 Å². The third kappa shape index (κ3) is 2.09. The molecule has 1 aromatic rings. The van der Waals surface area contributed by atoms with Crippen molar-refractivity contribution >= 4 is 0 Å². The van der Waals surface area contributed by atoms with Crippen LogP contribution < -0.4 is 5.32 Å². The van der Waals surface area contributed by atoms with E-state index in [0.717, 1.165) is 44.2 Å². The third-order valence-electron chi connectivity index (χ3n) is 3.88. The van der Waals surface area contributed by atoms with Gasteiger partial charge in [-0.15, -0.1) is 0 Å². The molecule has 2 aliphatic rings. The van der Waals surface area contributed by atoms with E-state index >= 15 is 0 Å². The second-order valence-corrected chi connectivity index (χ2v) is 4.93. The molecule has 2 aliphatic heterocycles. The number of likely N-dealkylation sites (tertiary alicyclic amines) is 1. The molecule has 0 spiro atoms. The van der Waals surface area contributed by atoms with Gasteiger partial charge in [-0.2, -0.15) is 4.98 Å². The molecule has 0 aromatic carbocycles. The Kier molecular flexibility index (Phi) is 3.11. The van der Waals surface area contributed by atoms with Crippen LogP contribution in [-0.2, 0) is 0 Å². The molecule has 0 saturated carbocycles. The van der Waals surface area contributed by atoms with Crippen LogP contribution in [0, 0.1) is 0 Å². The Bertz CT molecular complexity index is 372. The molecule has 2 saturated heterocycles. The van der Waals surface area contributed by atoms with Gasteiger partial charge in [0.05, 0.1) is 12.1 Å². The predicted molar refractivity (Wildman–Crippen MR) is 63.5 cm³/mol. The molecule has 1 aromatic heterocycles. The number of nitrogens with zero attached hydrogens (tertiary/aromatic N) is 3. The maximum absolute atomic E-state index is 5.40. The zero-order valence-corrected chi connectivity index (χ0v) is 10.4. The van der Waals surface area contributed by atoms with E-state index < -0.39 is 0 Å². The minimum Gasteiger partial charge on any atom is -0.338 e. The normalized spacial score (nSPS) is 30.2. The van der Waals surface area contributed by atoms with E-state index in [-0.39, 0.29) is 6.04 Å². The monoisotopic (exact) mass is 236 g/mol. The van der Waals surface area contributed by atoms with Crippen molar-refractivity contribution in [3.63, 3.8) is 0 Å². The topological polar surface area (TPSA) is 54.2 Å². The zero-order chi connectivity index (χ0) is 11.7. The van der Waals surface area contributed by atoms with Gasteiger partial charge in [-0.3, -0.25) is 4.90 Å². The molecule has 0 bridgehead atoms. The number of aromatic nitrogens is 2. The lowest BCUT2D eigenvalue weighted by Crippen LogP contribution is -2.23. The molecule has 94 valence electrons. The summed E-state index contributed by atoms with van der Waals surface area (Å²) in [6.45, 7) is 5.48. The molecule has 5 heteroatoms. The van der Waals surface area contributed by atoms with Gasteiger partial charge in [-0.05, 0) is 45.3 Å². The summed E-state index contributed by atoms with van der Waals surface area (Å²) in [5.41, 5.74) is 0. The van der Waals surface area contributed by atoms with Crippen molar-refractivity contribution in [3.8, 4) is 0 Å². The summed E-state index contributed by atoms with van der Waals surface area (Å²) >= 11 is 0. The number of rotatable bonds is 3. The Balaban J connectivity index is 1.75. The molecule has 5 nitrogen and oxygen atoms in total. The fourth-order valence-corrected chi connectivity index (χ4v) is 2.92. The van der Waals surface area contributed by atoms with Crippen molar-refractivity contribution in [2.45, 2.75) is 44.7 Å². The first-order valence-electron chi connectivity index (χ1n) is 6.69. The van der Waals surface area contributed by atoms with Crippen molar-refractivity contribution in [2.24, 2.45) is 0 Å². The summed E-state index contributed by atoms with van der Waals surface area (Å²) in [4.78, 5) is 7.02. The Morgan fingerprint density at radius 1 is 1.41 bits per heavy atom. The van der Waals surface area contributed by atoms with Gasteiger partial charge in [0, 0.05) is 0 Å². The van der Waals surface area contributed by atoms with Gasteiger partial charge in [0.15, 0.2) is 5.82 Å². The Hall–Kier alpha value is -0.940. The van der Waals surface area contributed by atoms with Crippen molar-refractivity contribution < 1.29 is 4.52 Å². The molecule has 0 radical (unpaired) electrons. The highest BCUT2D eigenvalue weighted by Gasteiger charge is 2.30. The molecule has 1 N–H and O–H groups in total. The summed E-state index contributed by atoms with van der Waals surface area (Å²) in [5.74, 6) is 1.66. The predicted octanol–water partition coefficient (Wildman–Crippen LogP) is 1.65. The van der Waals surface area contributed by atoms with Gasteiger partial charge >= 0.3 is 0 Å². The van der Waals surface area contributed by atoms with Gasteiger partial charge in [0.25, 0.3) is 0 Å². The van der Waals surface area contributed by atoms with E-state index in [1.54, 1.807) is 0 Å². The summed E-state index contributed by atoms with van der Waals surface area (Å²) in [7, 11) is 0. The molecule has 17 heavy (non-hydrogen) atoms. The van der Waals surface area contributed by atoms with Crippen LogP contribution in [0.4, 0.5) is 0 Å². The number of nitrogens with one attached hydrogen (secondary N) is 1. The first-order valence-corrected chi connectivity index (χ1v) is 6.69. The van der Waals surface area contributed by atoms with Gasteiger partial charge < -0.3 is 9.84 Å². The smallest absolute Gasteiger partial charge is 0.243 e. The SMILES string of the molecule is CCN1CCCC1c1noc(C2CCCN2)n1. The highest BCUT2D eigenvalue weighted by atomic mass is 16.5. The highest BCUT2D eigenvalue weighted by Crippen LogP contribution is 2.31. The molecule has 2 fully saturated rings. The van der Waals surface area contributed by atoms with Crippen LogP contribution in [-0.4, -0.2) is 34.7 Å². The first kappa shape index (κ1) is 11.2. The Morgan fingerprint density at radius 2 is 2.35 bits per heavy atom. The molecule has 2 atom stereocenters. The third-order valence-corrected chi connectivity index (χ3v) is 3.88. The van der Waals surface area contributed by atoms with Crippen LogP contribution in [0.15, 0.2) is 4.52 Å². The fraction of sp³-hybridized carbons (Fsp3) is 0.833. The lowest BCUT2D eigenvalue weighted by molar-refractivity contribution is 0.254. The number of hydrogen-bond donors (Lipinski definition) is 1. The van der Waals surface area contributed by atoms with Crippen LogP contribution >= 0.6 is 0 Å². The quantitative estimate of drug-likeness (QED) is 0.864. The maximum atomic E-state index is 5.40. The van der Waals surface area contributed by atoms with E-state index in [1.807, 2.05) is 0 Å². The molecule has 3 heterocycles. The summed E-state index contributed by atoms with van der Waals surface area (Å²) in [5, 5.41) is 7.57. The van der Waals surface area contributed by atoms with E-state index in [9.17, 15) is 0 Å². The molecular weight excluding hydrogens is 216 g/mol. The van der Waals surface area contributed by atoms with E-state index in [2.05, 4.69) is 27.3 Å². The van der Waals surface area contributed by atoms with Crippen LogP contribution in [0.2, 0.25) is 0 Å². The molecule has 3 rings (SSSR count). The Labute approximate surface area is 102 Å². The first-order chi connectivity index (χ1) is 8.38. The van der Waals surface area contributed by atoms with Crippen LogP contribution in [0.3, 0.4) is 0 Å². The second kappa shape index (κ2) is 4.74. The lowest BCUT2D eigenvalue weighted by atomic mass is 10.2. The highest BCUT2D eigenvalue weighted by molar-refractivity contribution is 5.01. The van der Waals surface area contributed by atoms with Crippen LogP contribution in [0.25, 0.3) is 0 Å². The summed E-state index contributed by atoms with van der Waals surface area (Å²) < 4.78 is 5.40. The van der Waals surface area contributed by atoms with E-state index in [1.165, 1.54) is 12.8 Å². The second-order valence-electron chi connectivity index (χ2n) is 4.93. The van der Waals surface area contributed by atoms with Gasteiger partial charge in [0.1, 0.15) is 0 Å². The largest absolute Gasteiger partial charge is 0.338 e. The van der Waals surface area contributed by atoms with Crippen LogP contribution in [0.5, 0.6) is 0 Å². The summed E-state index contributed by atoms with van der Waals surface area (Å²) in [6, 6.07) is 0.659. The molecular formula is C12H20N4O. The van der Waals surface area contributed by atoms with E-state index in [0.29, 0.717) is 6.04 Å². The molecule has 0 aliphatic carbocycles.